The predicted octanol–water partition coefficient (Wildman–Crippen LogP) is 5.16. The molecule has 0 radical (unpaired) electrons. The number of hydrogen-bond donors (Lipinski definition) is 1. The molecule has 29 heavy (non-hydrogen) atoms. The standard InChI is InChI=1S/C23H20F3NO2/c1-29-20-12-10-18(11-13-20)22(17-7-3-2-4-8-17)27-21(28)15-16-6-5-9-19(14-16)23(24,25)26/h2-14,22H,15H2,1H3,(H,27,28). The van der Waals surface area contributed by atoms with Crippen molar-refractivity contribution in [3.05, 3.63) is 101 Å². The summed E-state index contributed by atoms with van der Waals surface area (Å²) in [5, 5.41) is 2.93. The van der Waals surface area contributed by atoms with Gasteiger partial charge in [0.15, 0.2) is 0 Å². The first-order valence-electron chi connectivity index (χ1n) is 9.01. The van der Waals surface area contributed by atoms with Crippen LogP contribution < -0.4 is 10.1 Å². The zero-order valence-corrected chi connectivity index (χ0v) is 15.7. The number of alkyl halides is 3. The van der Waals surface area contributed by atoms with Crippen molar-refractivity contribution in [2.45, 2.75) is 18.6 Å². The smallest absolute Gasteiger partial charge is 0.416 e. The van der Waals surface area contributed by atoms with Crippen molar-refractivity contribution in [1.29, 1.82) is 0 Å². The molecule has 3 nitrogen and oxygen atoms in total. The molecule has 1 atom stereocenters. The van der Waals surface area contributed by atoms with Crippen LogP contribution in [0.1, 0.15) is 28.3 Å². The minimum atomic E-state index is -4.44. The zero-order valence-electron chi connectivity index (χ0n) is 15.7. The highest BCUT2D eigenvalue weighted by molar-refractivity contribution is 5.79. The van der Waals surface area contributed by atoms with Gasteiger partial charge in [0.25, 0.3) is 0 Å². The van der Waals surface area contributed by atoms with Crippen molar-refractivity contribution in [3.63, 3.8) is 0 Å². The average molecular weight is 399 g/mol. The Kier molecular flexibility index (Phi) is 6.22. The molecule has 3 aromatic rings. The molecule has 3 rings (SSSR count). The van der Waals surface area contributed by atoms with Crippen LogP contribution in [0, 0.1) is 0 Å². The van der Waals surface area contributed by atoms with E-state index in [0.29, 0.717) is 11.3 Å². The van der Waals surface area contributed by atoms with Gasteiger partial charge in [-0.2, -0.15) is 13.2 Å². The zero-order chi connectivity index (χ0) is 20.9. The van der Waals surface area contributed by atoms with Gasteiger partial charge in [0, 0.05) is 0 Å². The summed E-state index contributed by atoms with van der Waals surface area (Å²) in [5.41, 5.74) is 1.25. The normalized spacial score (nSPS) is 12.3. The van der Waals surface area contributed by atoms with E-state index in [1.807, 2.05) is 42.5 Å². The van der Waals surface area contributed by atoms with Gasteiger partial charge in [-0.1, -0.05) is 60.7 Å². The van der Waals surface area contributed by atoms with E-state index in [-0.39, 0.29) is 12.3 Å². The predicted molar refractivity (Wildman–Crippen MR) is 105 cm³/mol. The molecule has 0 aromatic heterocycles. The number of halogens is 3. The fraction of sp³-hybridized carbons (Fsp3) is 0.174. The van der Waals surface area contributed by atoms with Crippen LogP contribution in [0.15, 0.2) is 78.9 Å². The lowest BCUT2D eigenvalue weighted by Gasteiger charge is -2.20. The van der Waals surface area contributed by atoms with Crippen LogP contribution in [0.5, 0.6) is 5.75 Å². The van der Waals surface area contributed by atoms with Gasteiger partial charge < -0.3 is 10.1 Å². The van der Waals surface area contributed by atoms with Gasteiger partial charge in [-0.3, -0.25) is 4.79 Å². The lowest BCUT2D eigenvalue weighted by molar-refractivity contribution is -0.137. The molecule has 1 N–H and O–H groups in total. The maximum absolute atomic E-state index is 12.9. The van der Waals surface area contributed by atoms with E-state index >= 15 is 0 Å². The van der Waals surface area contributed by atoms with Gasteiger partial charge in [0.1, 0.15) is 5.75 Å². The molecule has 1 amide bonds. The van der Waals surface area contributed by atoms with Crippen LogP contribution >= 0.6 is 0 Å². The molecule has 0 aliphatic carbocycles. The third-order valence-corrected chi connectivity index (χ3v) is 4.51. The summed E-state index contributed by atoms with van der Waals surface area (Å²) >= 11 is 0. The number of hydrogen-bond acceptors (Lipinski definition) is 2. The minimum Gasteiger partial charge on any atom is -0.497 e. The van der Waals surface area contributed by atoms with Gasteiger partial charge in [-0.25, -0.2) is 0 Å². The Bertz CT molecular complexity index is 954. The number of benzene rings is 3. The molecule has 0 spiro atoms. The van der Waals surface area contributed by atoms with Crippen LogP contribution in [-0.2, 0) is 17.4 Å². The Morgan fingerprint density at radius 1 is 0.931 bits per heavy atom. The molecule has 0 saturated heterocycles. The quantitative estimate of drug-likeness (QED) is 0.622. The molecular formula is C23H20F3NO2. The number of carbonyl (C=O) groups excluding carboxylic acids is 1. The first-order valence-corrected chi connectivity index (χ1v) is 9.01. The largest absolute Gasteiger partial charge is 0.497 e. The molecule has 0 bridgehead atoms. The van der Waals surface area contributed by atoms with Crippen LogP contribution in [0.2, 0.25) is 0 Å². The number of carbonyl (C=O) groups is 1. The highest BCUT2D eigenvalue weighted by atomic mass is 19.4. The molecule has 0 aliphatic rings. The Morgan fingerprint density at radius 2 is 1.59 bits per heavy atom. The van der Waals surface area contributed by atoms with Crippen LogP contribution in [0.25, 0.3) is 0 Å². The molecule has 1 unspecified atom stereocenters. The van der Waals surface area contributed by atoms with Crippen LogP contribution in [-0.4, -0.2) is 13.0 Å². The van der Waals surface area contributed by atoms with Crippen molar-refractivity contribution in [1.82, 2.24) is 5.32 Å². The Morgan fingerprint density at radius 3 is 2.21 bits per heavy atom. The molecule has 6 heteroatoms. The Labute approximate surface area is 167 Å². The van der Waals surface area contributed by atoms with E-state index in [0.717, 1.165) is 23.3 Å². The third kappa shape index (κ3) is 5.38. The maximum Gasteiger partial charge on any atom is 0.416 e. The molecule has 3 aromatic carbocycles. The van der Waals surface area contributed by atoms with E-state index < -0.39 is 17.8 Å². The van der Waals surface area contributed by atoms with Gasteiger partial charge in [0.2, 0.25) is 5.91 Å². The van der Waals surface area contributed by atoms with Crippen molar-refractivity contribution in [2.24, 2.45) is 0 Å². The summed E-state index contributed by atoms with van der Waals surface area (Å²) < 4.78 is 43.9. The summed E-state index contributed by atoms with van der Waals surface area (Å²) in [7, 11) is 1.57. The van der Waals surface area contributed by atoms with E-state index in [4.69, 9.17) is 4.74 Å². The number of ether oxygens (including phenoxy) is 1. The molecule has 0 aliphatic heterocycles. The second-order valence-electron chi connectivity index (χ2n) is 6.56. The fourth-order valence-corrected chi connectivity index (χ4v) is 3.06. The van der Waals surface area contributed by atoms with Crippen LogP contribution in [0.3, 0.4) is 0 Å². The summed E-state index contributed by atoms with van der Waals surface area (Å²) in [6, 6.07) is 21.1. The van der Waals surface area contributed by atoms with Gasteiger partial charge in [-0.05, 0) is 34.9 Å². The number of amides is 1. The monoisotopic (exact) mass is 399 g/mol. The van der Waals surface area contributed by atoms with Gasteiger partial charge in [-0.15, -0.1) is 0 Å². The topological polar surface area (TPSA) is 38.3 Å². The van der Waals surface area contributed by atoms with Crippen LogP contribution in [0.4, 0.5) is 13.2 Å². The first-order chi connectivity index (χ1) is 13.9. The molecule has 150 valence electrons. The number of rotatable bonds is 6. The highest BCUT2D eigenvalue weighted by Gasteiger charge is 2.30. The van der Waals surface area contributed by atoms with Crippen molar-refractivity contribution < 1.29 is 22.7 Å². The van der Waals surface area contributed by atoms with Gasteiger partial charge in [0.05, 0.1) is 25.1 Å². The molecule has 0 fully saturated rings. The third-order valence-electron chi connectivity index (χ3n) is 4.51. The lowest BCUT2D eigenvalue weighted by Crippen LogP contribution is -2.30. The maximum atomic E-state index is 12.9. The minimum absolute atomic E-state index is 0.149. The molecule has 0 saturated carbocycles. The van der Waals surface area contributed by atoms with Crippen molar-refractivity contribution in [2.75, 3.05) is 7.11 Å². The summed E-state index contributed by atoms with van der Waals surface area (Å²) in [4.78, 5) is 12.6. The SMILES string of the molecule is COc1ccc(C(NC(=O)Cc2cccc(C(F)(F)F)c2)c2ccccc2)cc1. The van der Waals surface area contributed by atoms with Crippen molar-refractivity contribution in [3.8, 4) is 5.75 Å². The molecule has 0 heterocycles. The van der Waals surface area contributed by atoms with E-state index in [1.165, 1.54) is 12.1 Å². The Hall–Kier alpha value is -3.28. The van der Waals surface area contributed by atoms with Crippen molar-refractivity contribution >= 4 is 5.91 Å². The number of nitrogens with one attached hydrogen (secondary N) is 1. The average Bonchev–Trinajstić information content (AvgIpc) is 2.72. The summed E-state index contributed by atoms with van der Waals surface area (Å²) in [6.07, 6.45) is -4.59. The summed E-state index contributed by atoms with van der Waals surface area (Å²) in [6.45, 7) is 0. The lowest BCUT2D eigenvalue weighted by atomic mass is 9.98. The summed E-state index contributed by atoms with van der Waals surface area (Å²) in [5.74, 6) is 0.324. The highest BCUT2D eigenvalue weighted by Crippen LogP contribution is 2.30. The van der Waals surface area contributed by atoms with E-state index in [9.17, 15) is 18.0 Å². The number of methoxy groups -OCH3 is 1. The second-order valence-corrected chi connectivity index (χ2v) is 6.56. The van der Waals surface area contributed by atoms with E-state index in [1.54, 1.807) is 19.2 Å². The second kappa shape index (κ2) is 8.82. The van der Waals surface area contributed by atoms with E-state index in [2.05, 4.69) is 5.32 Å². The first kappa shape index (κ1) is 20.5. The Balaban J connectivity index is 1.81. The molecular weight excluding hydrogens is 379 g/mol. The fourth-order valence-electron chi connectivity index (χ4n) is 3.06. The van der Waals surface area contributed by atoms with Gasteiger partial charge >= 0.3 is 6.18 Å².